The van der Waals surface area contributed by atoms with Gasteiger partial charge in [-0.25, -0.2) is 0 Å². The van der Waals surface area contributed by atoms with Gasteiger partial charge in [0.25, 0.3) is 0 Å². The van der Waals surface area contributed by atoms with E-state index in [1.165, 1.54) is 19.3 Å². The zero-order valence-electron chi connectivity index (χ0n) is 11.4. The van der Waals surface area contributed by atoms with Gasteiger partial charge in [-0.05, 0) is 18.8 Å². The quantitative estimate of drug-likeness (QED) is 0.798. The summed E-state index contributed by atoms with van der Waals surface area (Å²) in [4.78, 5) is 12.0. The second kappa shape index (κ2) is 7.10. The summed E-state index contributed by atoms with van der Waals surface area (Å²) < 4.78 is 5.56. The van der Waals surface area contributed by atoms with Crippen LogP contribution in [-0.2, 0) is 9.53 Å². The van der Waals surface area contributed by atoms with E-state index in [-0.39, 0.29) is 12.0 Å². The molecule has 3 unspecified atom stereocenters. The summed E-state index contributed by atoms with van der Waals surface area (Å²) in [5.74, 6) is 0.960. The van der Waals surface area contributed by atoms with Crippen LogP contribution in [0.5, 0.6) is 0 Å². The van der Waals surface area contributed by atoms with Crippen LogP contribution in [0, 0.1) is 5.92 Å². The molecule has 1 aliphatic heterocycles. The molecule has 0 radical (unpaired) electrons. The van der Waals surface area contributed by atoms with Crippen LogP contribution in [0.2, 0.25) is 0 Å². The van der Waals surface area contributed by atoms with E-state index in [9.17, 15) is 4.79 Å². The van der Waals surface area contributed by atoms with Crippen molar-refractivity contribution in [3.63, 3.8) is 0 Å². The molecule has 4 nitrogen and oxygen atoms in total. The fourth-order valence-corrected chi connectivity index (χ4v) is 3.04. The summed E-state index contributed by atoms with van der Waals surface area (Å²) >= 11 is 0. The van der Waals surface area contributed by atoms with E-state index in [4.69, 9.17) is 4.74 Å². The molecule has 0 bridgehead atoms. The molecule has 2 fully saturated rings. The summed E-state index contributed by atoms with van der Waals surface area (Å²) in [7, 11) is 0. The van der Waals surface area contributed by atoms with Gasteiger partial charge in [0.05, 0.1) is 19.1 Å². The van der Waals surface area contributed by atoms with Crippen molar-refractivity contribution in [1.82, 2.24) is 10.6 Å². The first-order chi connectivity index (χ1) is 8.78. The minimum absolute atomic E-state index is 0.0595. The Bertz CT molecular complexity index is 265. The van der Waals surface area contributed by atoms with Gasteiger partial charge in [-0.1, -0.05) is 26.2 Å². The van der Waals surface area contributed by atoms with Crippen LogP contribution in [-0.4, -0.2) is 37.7 Å². The third-order valence-electron chi connectivity index (χ3n) is 4.14. The number of ether oxygens (including phenoxy) is 1. The predicted molar refractivity (Wildman–Crippen MR) is 71.4 cm³/mol. The zero-order valence-corrected chi connectivity index (χ0v) is 11.4. The highest BCUT2D eigenvalue weighted by Gasteiger charge is 2.23. The highest BCUT2D eigenvalue weighted by atomic mass is 16.5. The van der Waals surface area contributed by atoms with E-state index >= 15 is 0 Å². The number of morpholine rings is 1. The average Bonchev–Trinajstić information content (AvgIpc) is 2.40. The van der Waals surface area contributed by atoms with Gasteiger partial charge in [0.15, 0.2) is 0 Å². The smallest absolute Gasteiger partial charge is 0.222 e. The lowest BCUT2D eigenvalue weighted by Gasteiger charge is -2.30. The molecule has 2 rings (SSSR count). The first-order valence-electron chi connectivity index (χ1n) is 7.39. The summed E-state index contributed by atoms with van der Waals surface area (Å²) in [5.41, 5.74) is 0. The fourth-order valence-electron chi connectivity index (χ4n) is 3.04. The zero-order chi connectivity index (χ0) is 12.8. The molecule has 3 atom stereocenters. The van der Waals surface area contributed by atoms with Crippen molar-refractivity contribution in [2.75, 3.05) is 19.7 Å². The second-order valence-electron chi connectivity index (χ2n) is 5.61. The Hall–Kier alpha value is -0.610. The van der Waals surface area contributed by atoms with Gasteiger partial charge in [0, 0.05) is 19.1 Å². The van der Waals surface area contributed by atoms with Gasteiger partial charge in [-0.2, -0.15) is 0 Å². The summed E-state index contributed by atoms with van der Waals surface area (Å²) in [6.07, 6.45) is 6.69. The number of nitrogens with one attached hydrogen (secondary N) is 2. The number of carbonyl (C=O) groups is 1. The minimum atomic E-state index is 0.0595. The molecule has 1 heterocycles. The molecule has 0 aromatic heterocycles. The Kier molecular flexibility index (Phi) is 5.45. The molecule has 0 spiro atoms. The third-order valence-corrected chi connectivity index (χ3v) is 4.14. The summed E-state index contributed by atoms with van der Waals surface area (Å²) in [6, 6.07) is 0.396. The molecule has 2 aliphatic rings. The number of rotatable bonds is 4. The maximum absolute atomic E-state index is 12.0. The second-order valence-corrected chi connectivity index (χ2v) is 5.61. The standard InChI is InChI=1S/C14H26N2O2/c1-2-11-4-3-5-12(8-11)16-14(17)9-13-10-15-6-7-18-13/h11-13,15H,2-10H2,1H3,(H,16,17). The normalized spacial score (nSPS) is 33.1. The van der Waals surface area contributed by atoms with E-state index < -0.39 is 0 Å². The topological polar surface area (TPSA) is 50.4 Å². The molecule has 2 N–H and O–H groups in total. The van der Waals surface area contributed by atoms with Gasteiger partial charge in [-0.3, -0.25) is 4.79 Å². The predicted octanol–water partition coefficient (Wildman–Crippen LogP) is 1.45. The SMILES string of the molecule is CCC1CCCC(NC(=O)CC2CNCCO2)C1. The van der Waals surface area contributed by atoms with Gasteiger partial charge < -0.3 is 15.4 Å². The van der Waals surface area contributed by atoms with Crippen molar-refractivity contribution < 1.29 is 9.53 Å². The molecule has 0 aromatic carbocycles. The van der Waals surface area contributed by atoms with Crippen molar-refractivity contribution in [3.05, 3.63) is 0 Å². The van der Waals surface area contributed by atoms with Crippen molar-refractivity contribution in [2.24, 2.45) is 5.92 Å². The maximum atomic E-state index is 12.0. The Morgan fingerprint density at radius 3 is 3.06 bits per heavy atom. The highest BCUT2D eigenvalue weighted by Crippen LogP contribution is 2.26. The lowest BCUT2D eigenvalue weighted by molar-refractivity contribution is -0.125. The minimum Gasteiger partial charge on any atom is -0.375 e. The van der Waals surface area contributed by atoms with Gasteiger partial charge in [-0.15, -0.1) is 0 Å². The van der Waals surface area contributed by atoms with Gasteiger partial charge in [0.1, 0.15) is 0 Å². The Labute approximate surface area is 110 Å². The van der Waals surface area contributed by atoms with Crippen molar-refractivity contribution >= 4 is 5.91 Å². The summed E-state index contributed by atoms with van der Waals surface area (Å²) in [5, 5.41) is 6.44. The largest absolute Gasteiger partial charge is 0.375 e. The van der Waals surface area contributed by atoms with Crippen LogP contribution in [0.25, 0.3) is 0 Å². The fraction of sp³-hybridized carbons (Fsp3) is 0.929. The van der Waals surface area contributed by atoms with Gasteiger partial charge in [0.2, 0.25) is 5.91 Å². The first-order valence-corrected chi connectivity index (χ1v) is 7.39. The van der Waals surface area contributed by atoms with Crippen LogP contribution in [0.4, 0.5) is 0 Å². The number of carbonyl (C=O) groups excluding carboxylic acids is 1. The van der Waals surface area contributed by atoms with Crippen molar-refractivity contribution in [3.8, 4) is 0 Å². The van der Waals surface area contributed by atoms with E-state index in [2.05, 4.69) is 17.6 Å². The highest BCUT2D eigenvalue weighted by molar-refractivity contribution is 5.76. The molecule has 1 aliphatic carbocycles. The molecule has 4 heteroatoms. The Morgan fingerprint density at radius 2 is 2.33 bits per heavy atom. The van der Waals surface area contributed by atoms with E-state index in [1.54, 1.807) is 0 Å². The van der Waals surface area contributed by atoms with Gasteiger partial charge >= 0.3 is 0 Å². The van der Waals surface area contributed by atoms with Crippen LogP contribution in [0.15, 0.2) is 0 Å². The Morgan fingerprint density at radius 1 is 1.44 bits per heavy atom. The monoisotopic (exact) mass is 254 g/mol. The maximum Gasteiger partial charge on any atom is 0.222 e. The van der Waals surface area contributed by atoms with E-state index in [0.717, 1.165) is 38.5 Å². The molecule has 1 saturated carbocycles. The van der Waals surface area contributed by atoms with Crippen LogP contribution >= 0.6 is 0 Å². The van der Waals surface area contributed by atoms with Crippen molar-refractivity contribution in [1.29, 1.82) is 0 Å². The Balaban J connectivity index is 1.69. The van der Waals surface area contributed by atoms with Crippen LogP contribution in [0.1, 0.15) is 45.4 Å². The van der Waals surface area contributed by atoms with Crippen LogP contribution < -0.4 is 10.6 Å². The van der Waals surface area contributed by atoms with Crippen LogP contribution in [0.3, 0.4) is 0 Å². The summed E-state index contributed by atoms with van der Waals surface area (Å²) in [6.45, 7) is 4.67. The molecule has 1 saturated heterocycles. The van der Waals surface area contributed by atoms with Crippen molar-refractivity contribution in [2.45, 2.75) is 57.6 Å². The number of amides is 1. The number of hydrogen-bond acceptors (Lipinski definition) is 3. The lowest BCUT2D eigenvalue weighted by atomic mass is 9.84. The van der Waals surface area contributed by atoms with E-state index in [0.29, 0.717) is 12.5 Å². The molecule has 1 amide bonds. The first kappa shape index (κ1) is 13.8. The molecule has 104 valence electrons. The lowest BCUT2D eigenvalue weighted by Crippen LogP contribution is -2.44. The third kappa shape index (κ3) is 4.25. The molecular weight excluding hydrogens is 228 g/mol. The molecule has 18 heavy (non-hydrogen) atoms. The molecule has 0 aromatic rings. The molecular formula is C14H26N2O2. The average molecular weight is 254 g/mol. The number of hydrogen-bond donors (Lipinski definition) is 2. The van der Waals surface area contributed by atoms with E-state index in [1.807, 2.05) is 0 Å².